The lowest BCUT2D eigenvalue weighted by molar-refractivity contribution is 0.0697. The zero-order valence-corrected chi connectivity index (χ0v) is 20.1. The number of imidazole rings is 1. The number of aromatic nitrogens is 2. The van der Waals surface area contributed by atoms with Gasteiger partial charge in [0.1, 0.15) is 11.8 Å². The van der Waals surface area contributed by atoms with Crippen LogP contribution in [0.25, 0.3) is 16.8 Å². The SMILES string of the molecule is CCCCc1cn2c(C(OCCC)c3ccc(-c4ccccc4C(=O)O)cc3)ccc(C)c2n1. The molecule has 2 aromatic carbocycles. The van der Waals surface area contributed by atoms with Crippen LogP contribution in [-0.2, 0) is 11.2 Å². The number of rotatable bonds is 10. The maximum Gasteiger partial charge on any atom is 0.336 e. The van der Waals surface area contributed by atoms with Crippen LogP contribution in [0.5, 0.6) is 0 Å². The van der Waals surface area contributed by atoms with Crippen LogP contribution in [0, 0.1) is 6.92 Å². The van der Waals surface area contributed by atoms with Gasteiger partial charge in [-0.2, -0.15) is 0 Å². The lowest BCUT2D eigenvalue weighted by Crippen LogP contribution is -2.11. The topological polar surface area (TPSA) is 63.8 Å². The third-order valence-electron chi connectivity index (χ3n) is 6.12. The van der Waals surface area contributed by atoms with E-state index < -0.39 is 5.97 Å². The van der Waals surface area contributed by atoms with Crippen molar-refractivity contribution >= 4 is 11.6 Å². The first-order valence-electron chi connectivity index (χ1n) is 12.0. The number of carbonyl (C=O) groups is 1. The summed E-state index contributed by atoms with van der Waals surface area (Å²) in [4.78, 5) is 16.6. The molecule has 0 spiro atoms. The molecule has 4 rings (SSSR count). The van der Waals surface area contributed by atoms with Crippen LogP contribution in [0.4, 0.5) is 0 Å². The highest BCUT2D eigenvalue weighted by molar-refractivity contribution is 5.96. The molecule has 0 saturated heterocycles. The molecule has 0 aliphatic carbocycles. The summed E-state index contributed by atoms with van der Waals surface area (Å²) in [6.45, 7) is 7.03. The van der Waals surface area contributed by atoms with Gasteiger partial charge in [-0.1, -0.05) is 68.8 Å². The summed E-state index contributed by atoms with van der Waals surface area (Å²) >= 11 is 0. The molecule has 176 valence electrons. The van der Waals surface area contributed by atoms with Crippen LogP contribution in [0.1, 0.15) is 72.1 Å². The standard InChI is InChI=1S/C29H32N2O3/c1-4-6-9-23-19-31-26(17-12-20(3)28(31)30-23)27(34-18-5-2)22-15-13-21(14-16-22)24-10-7-8-11-25(24)29(32)33/h7-8,10-17,19,27H,4-6,9,18H2,1-3H3,(H,32,33). The van der Waals surface area contributed by atoms with Gasteiger partial charge in [0.2, 0.25) is 0 Å². The summed E-state index contributed by atoms with van der Waals surface area (Å²) in [5.41, 5.74) is 7.17. The van der Waals surface area contributed by atoms with Crippen molar-refractivity contribution in [3.8, 4) is 11.1 Å². The molecule has 4 aromatic rings. The second-order valence-electron chi connectivity index (χ2n) is 8.69. The molecule has 0 fully saturated rings. The Morgan fingerprint density at radius 1 is 1.03 bits per heavy atom. The molecule has 5 nitrogen and oxygen atoms in total. The third-order valence-corrected chi connectivity index (χ3v) is 6.12. The lowest BCUT2D eigenvalue weighted by Gasteiger charge is -2.21. The minimum Gasteiger partial charge on any atom is -0.478 e. The minimum atomic E-state index is -0.926. The fourth-order valence-corrected chi connectivity index (χ4v) is 4.31. The maximum absolute atomic E-state index is 11.7. The first-order valence-corrected chi connectivity index (χ1v) is 12.0. The highest BCUT2D eigenvalue weighted by Crippen LogP contribution is 2.31. The molecule has 2 aromatic heterocycles. The highest BCUT2D eigenvalue weighted by Gasteiger charge is 2.20. The van der Waals surface area contributed by atoms with Crippen molar-refractivity contribution in [1.82, 2.24) is 9.38 Å². The Hall–Kier alpha value is -3.44. The number of benzene rings is 2. The molecule has 34 heavy (non-hydrogen) atoms. The molecule has 0 aliphatic rings. The molecule has 0 amide bonds. The van der Waals surface area contributed by atoms with Gasteiger partial charge >= 0.3 is 5.97 Å². The van der Waals surface area contributed by atoms with Crippen LogP contribution in [0.15, 0.2) is 66.9 Å². The van der Waals surface area contributed by atoms with E-state index in [9.17, 15) is 9.90 Å². The van der Waals surface area contributed by atoms with E-state index in [1.54, 1.807) is 12.1 Å². The van der Waals surface area contributed by atoms with E-state index in [-0.39, 0.29) is 6.10 Å². The zero-order valence-electron chi connectivity index (χ0n) is 20.1. The van der Waals surface area contributed by atoms with E-state index in [1.807, 2.05) is 36.4 Å². The molecule has 0 saturated carbocycles. The van der Waals surface area contributed by atoms with E-state index >= 15 is 0 Å². The number of unbranched alkanes of at least 4 members (excludes halogenated alkanes) is 1. The van der Waals surface area contributed by atoms with Crippen molar-refractivity contribution in [2.45, 2.75) is 52.6 Å². The van der Waals surface area contributed by atoms with E-state index in [4.69, 9.17) is 9.72 Å². The molecule has 0 aliphatic heterocycles. The van der Waals surface area contributed by atoms with Gasteiger partial charge in [-0.05, 0) is 60.6 Å². The van der Waals surface area contributed by atoms with Crippen molar-refractivity contribution < 1.29 is 14.6 Å². The van der Waals surface area contributed by atoms with Crippen molar-refractivity contribution in [3.63, 3.8) is 0 Å². The average Bonchev–Trinajstić information content (AvgIpc) is 3.29. The number of carboxylic acid groups (broad SMARTS) is 1. The van der Waals surface area contributed by atoms with E-state index in [2.05, 4.69) is 43.5 Å². The largest absolute Gasteiger partial charge is 0.478 e. The second-order valence-corrected chi connectivity index (χ2v) is 8.69. The molecule has 0 radical (unpaired) electrons. The Morgan fingerprint density at radius 2 is 1.79 bits per heavy atom. The zero-order chi connectivity index (χ0) is 24.1. The first kappa shape index (κ1) is 23.7. The van der Waals surface area contributed by atoms with Gasteiger partial charge in [0.25, 0.3) is 0 Å². The van der Waals surface area contributed by atoms with Gasteiger partial charge in [-0.3, -0.25) is 0 Å². The van der Waals surface area contributed by atoms with Gasteiger partial charge in [-0.15, -0.1) is 0 Å². The van der Waals surface area contributed by atoms with Crippen molar-refractivity contribution in [2.24, 2.45) is 0 Å². The number of ether oxygens (including phenoxy) is 1. The fraction of sp³-hybridized carbons (Fsp3) is 0.310. The van der Waals surface area contributed by atoms with Crippen molar-refractivity contribution in [2.75, 3.05) is 6.61 Å². The number of hydrogen-bond donors (Lipinski definition) is 1. The fourth-order valence-electron chi connectivity index (χ4n) is 4.31. The van der Waals surface area contributed by atoms with Crippen LogP contribution < -0.4 is 0 Å². The molecule has 0 bridgehead atoms. The Balaban J connectivity index is 1.75. The monoisotopic (exact) mass is 456 g/mol. The van der Waals surface area contributed by atoms with E-state index in [0.29, 0.717) is 17.7 Å². The Bertz CT molecular complexity index is 1270. The lowest BCUT2D eigenvalue weighted by atomic mass is 9.97. The average molecular weight is 457 g/mol. The van der Waals surface area contributed by atoms with Crippen molar-refractivity contribution in [3.05, 3.63) is 94.9 Å². The number of nitrogens with zero attached hydrogens (tertiary/aromatic N) is 2. The number of hydrogen-bond acceptors (Lipinski definition) is 3. The van der Waals surface area contributed by atoms with Gasteiger partial charge < -0.3 is 14.2 Å². The summed E-state index contributed by atoms with van der Waals surface area (Å²) in [5, 5.41) is 9.57. The molecule has 1 unspecified atom stereocenters. The van der Waals surface area contributed by atoms with Gasteiger partial charge in [-0.25, -0.2) is 9.78 Å². The molecular formula is C29H32N2O3. The number of aromatic carboxylic acids is 1. The van der Waals surface area contributed by atoms with Gasteiger partial charge in [0.15, 0.2) is 0 Å². The van der Waals surface area contributed by atoms with Crippen LogP contribution in [0.3, 0.4) is 0 Å². The Labute approximate surface area is 201 Å². The van der Waals surface area contributed by atoms with Gasteiger partial charge in [0.05, 0.1) is 17.0 Å². The molecule has 1 N–H and O–H groups in total. The maximum atomic E-state index is 11.7. The Kier molecular flexibility index (Phi) is 7.43. The quantitative estimate of drug-likeness (QED) is 0.283. The van der Waals surface area contributed by atoms with Crippen LogP contribution in [0.2, 0.25) is 0 Å². The van der Waals surface area contributed by atoms with Crippen LogP contribution in [-0.4, -0.2) is 27.1 Å². The summed E-state index contributed by atoms with van der Waals surface area (Å²) in [6.07, 6.45) is 6.04. The predicted octanol–water partition coefficient (Wildman–Crippen LogP) is 6.87. The van der Waals surface area contributed by atoms with Gasteiger partial charge in [0, 0.05) is 12.8 Å². The van der Waals surface area contributed by atoms with E-state index in [0.717, 1.165) is 59.4 Å². The molecular weight excluding hydrogens is 424 g/mol. The smallest absolute Gasteiger partial charge is 0.336 e. The molecule has 5 heteroatoms. The normalized spacial score (nSPS) is 12.2. The number of fused-ring (bicyclic) bond motifs is 1. The Morgan fingerprint density at radius 3 is 2.50 bits per heavy atom. The first-order chi connectivity index (χ1) is 16.5. The summed E-state index contributed by atoms with van der Waals surface area (Å²) in [6, 6.07) is 19.4. The summed E-state index contributed by atoms with van der Waals surface area (Å²) in [7, 11) is 0. The second kappa shape index (κ2) is 10.7. The third kappa shape index (κ3) is 4.90. The number of pyridine rings is 1. The van der Waals surface area contributed by atoms with E-state index in [1.165, 1.54) is 0 Å². The van der Waals surface area contributed by atoms with Crippen molar-refractivity contribution in [1.29, 1.82) is 0 Å². The molecule has 2 heterocycles. The number of carboxylic acids is 1. The summed E-state index contributed by atoms with van der Waals surface area (Å²) < 4.78 is 8.54. The minimum absolute atomic E-state index is 0.250. The number of aryl methyl sites for hydroxylation is 2. The predicted molar refractivity (Wildman–Crippen MR) is 135 cm³/mol. The summed E-state index contributed by atoms with van der Waals surface area (Å²) in [5.74, 6) is -0.926. The highest BCUT2D eigenvalue weighted by atomic mass is 16.5. The van der Waals surface area contributed by atoms with Crippen LogP contribution >= 0.6 is 0 Å². The molecule has 1 atom stereocenters.